The highest BCUT2D eigenvalue weighted by Crippen LogP contribution is 2.30. The highest BCUT2D eigenvalue weighted by atomic mass is 35.5. The molecule has 0 aliphatic rings. The van der Waals surface area contributed by atoms with E-state index in [0.29, 0.717) is 10.8 Å². The number of imidazole rings is 2. The Morgan fingerprint density at radius 1 is 1.12 bits per heavy atom. The Hall–Kier alpha value is -4.11. The largest absolute Gasteiger partial charge is 0.368 e. The molecule has 2 aromatic carbocycles. The summed E-state index contributed by atoms with van der Waals surface area (Å²) in [7, 11) is 1.50. The second kappa shape index (κ2) is 7.49. The molecule has 10 heteroatoms. The Morgan fingerprint density at radius 2 is 1.85 bits per heavy atom. The van der Waals surface area contributed by atoms with E-state index in [-0.39, 0.29) is 11.2 Å². The molecule has 2 N–H and O–H groups in total. The van der Waals surface area contributed by atoms with E-state index >= 15 is 0 Å². The normalized spacial score (nSPS) is 11.5. The first-order chi connectivity index (χ1) is 15.8. The minimum absolute atomic E-state index is 0.169. The molecule has 166 valence electrons. The summed E-state index contributed by atoms with van der Waals surface area (Å²) in [5.41, 5.74) is 7.67. The predicted octanol–water partition coefficient (Wildman–Crippen LogP) is 2.25. The number of rotatable bonds is 4. The van der Waals surface area contributed by atoms with Crippen molar-refractivity contribution in [3.8, 4) is 16.9 Å². The molecule has 0 bridgehead atoms. The Balaban J connectivity index is 1.94. The number of amides is 1. The number of hydrogen-bond acceptors (Lipinski definition) is 4. The number of carbonyl (C=O) groups excluding carboxylic acids is 1. The van der Waals surface area contributed by atoms with E-state index in [2.05, 4.69) is 4.98 Å². The van der Waals surface area contributed by atoms with Crippen LogP contribution in [-0.4, -0.2) is 29.0 Å². The smallest absolute Gasteiger partial charge is 0.332 e. The van der Waals surface area contributed by atoms with Crippen LogP contribution in [0.5, 0.6) is 0 Å². The molecule has 0 saturated heterocycles. The number of aromatic nitrogens is 5. The van der Waals surface area contributed by atoms with Crippen LogP contribution in [0.15, 0.2) is 64.3 Å². The number of aryl methyl sites for hydroxylation is 2. The molecule has 0 saturated carbocycles. The van der Waals surface area contributed by atoms with Crippen LogP contribution in [-0.2, 0) is 18.4 Å². The maximum absolute atomic E-state index is 13.3. The van der Waals surface area contributed by atoms with Gasteiger partial charge in [-0.2, -0.15) is 4.98 Å². The Labute approximate surface area is 191 Å². The first kappa shape index (κ1) is 20.8. The number of nitrogens with two attached hydrogens (primary N) is 1. The summed E-state index contributed by atoms with van der Waals surface area (Å²) >= 11 is 6.42. The summed E-state index contributed by atoms with van der Waals surface area (Å²) in [4.78, 5) is 42.1. The molecule has 0 atom stereocenters. The highest BCUT2D eigenvalue weighted by molar-refractivity contribution is 6.31. The van der Waals surface area contributed by atoms with Crippen molar-refractivity contribution in [1.29, 1.82) is 0 Å². The fourth-order valence-corrected chi connectivity index (χ4v) is 4.15. The number of hydrogen-bond donors (Lipinski definition) is 1. The van der Waals surface area contributed by atoms with Gasteiger partial charge in [-0.15, -0.1) is 0 Å². The van der Waals surface area contributed by atoms with Crippen LogP contribution in [0.25, 0.3) is 33.9 Å². The van der Waals surface area contributed by atoms with Crippen LogP contribution in [0.1, 0.15) is 5.56 Å². The summed E-state index contributed by atoms with van der Waals surface area (Å²) in [6, 6.07) is 15.3. The zero-order chi connectivity index (χ0) is 23.4. The van der Waals surface area contributed by atoms with Gasteiger partial charge >= 0.3 is 5.69 Å². The van der Waals surface area contributed by atoms with Gasteiger partial charge in [0.05, 0.1) is 11.4 Å². The summed E-state index contributed by atoms with van der Waals surface area (Å²) in [6.07, 6.45) is 1.79. The fraction of sp³-hybridized carbons (Fsp3) is 0.130. The Morgan fingerprint density at radius 3 is 2.52 bits per heavy atom. The molecular weight excluding hydrogens is 444 g/mol. The lowest BCUT2D eigenvalue weighted by Crippen LogP contribution is -2.42. The van der Waals surface area contributed by atoms with Gasteiger partial charge in [-0.3, -0.25) is 23.1 Å². The second-order valence-corrected chi connectivity index (χ2v) is 8.21. The number of carbonyl (C=O) groups is 1. The van der Waals surface area contributed by atoms with Crippen molar-refractivity contribution in [3.63, 3.8) is 0 Å². The average molecular weight is 463 g/mol. The molecule has 0 unspecified atom stereocenters. The third-order valence-electron chi connectivity index (χ3n) is 5.65. The predicted molar refractivity (Wildman–Crippen MR) is 126 cm³/mol. The molecule has 3 aromatic heterocycles. The molecule has 0 radical (unpaired) electrons. The lowest BCUT2D eigenvalue weighted by Gasteiger charge is -2.10. The van der Waals surface area contributed by atoms with Gasteiger partial charge in [0.25, 0.3) is 5.56 Å². The Bertz CT molecular complexity index is 1690. The van der Waals surface area contributed by atoms with Crippen molar-refractivity contribution >= 4 is 34.4 Å². The quantitative estimate of drug-likeness (QED) is 0.441. The summed E-state index contributed by atoms with van der Waals surface area (Å²) in [5.74, 6) is -0.362. The molecule has 0 aliphatic carbocycles. The van der Waals surface area contributed by atoms with Crippen molar-refractivity contribution < 1.29 is 4.79 Å². The first-order valence-electron chi connectivity index (χ1n) is 10.1. The van der Waals surface area contributed by atoms with Gasteiger partial charge in [0.2, 0.25) is 11.7 Å². The Kier molecular flexibility index (Phi) is 4.71. The molecule has 5 rings (SSSR count). The molecule has 5 aromatic rings. The SMILES string of the molecule is Cc1ccc(-n2c(-c3ccccc3)cn3c4c(=O)n(CC(N)=O)c(=O)n(C)c4nc23)cc1Cl. The van der Waals surface area contributed by atoms with E-state index in [1.807, 2.05) is 60.0 Å². The molecule has 0 fully saturated rings. The molecule has 0 aliphatic heterocycles. The van der Waals surface area contributed by atoms with Gasteiger partial charge in [0.15, 0.2) is 11.2 Å². The van der Waals surface area contributed by atoms with Crippen LogP contribution in [0.3, 0.4) is 0 Å². The summed E-state index contributed by atoms with van der Waals surface area (Å²) in [6.45, 7) is 1.39. The zero-order valence-electron chi connectivity index (χ0n) is 17.8. The number of halogens is 1. The second-order valence-electron chi connectivity index (χ2n) is 7.80. The maximum atomic E-state index is 13.3. The molecule has 9 nitrogen and oxygen atoms in total. The van der Waals surface area contributed by atoms with E-state index in [9.17, 15) is 14.4 Å². The maximum Gasteiger partial charge on any atom is 0.332 e. The third kappa shape index (κ3) is 3.16. The average Bonchev–Trinajstić information content (AvgIpc) is 3.34. The first-order valence-corrected chi connectivity index (χ1v) is 10.5. The zero-order valence-corrected chi connectivity index (χ0v) is 18.6. The van der Waals surface area contributed by atoms with Crippen molar-refractivity contribution in [2.24, 2.45) is 12.8 Å². The minimum atomic E-state index is -0.786. The molecule has 33 heavy (non-hydrogen) atoms. The highest BCUT2D eigenvalue weighted by Gasteiger charge is 2.23. The van der Waals surface area contributed by atoms with Crippen molar-refractivity contribution in [1.82, 2.24) is 23.1 Å². The number of nitrogens with zero attached hydrogens (tertiary/aromatic N) is 5. The summed E-state index contributed by atoms with van der Waals surface area (Å²) in [5, 5.41) is 0.589. The standard InChI is InChI=1S/C23H19ClN6O3/c1-13-8-9-15(10-16(13)24)30-17(14-6-4-3-5-7-14)11-28-19-20(26-22(28)30)27(2)23(33)29(21(19)32)12-18(25)31/h3-11H,12H2,1-2H3,(H2,25,31). The van der Waals surface area contributed by atoms with Crippen LogP contribution in [0.4, 0.5) is 0 Å². The molecular formula is C23H19ClN6O3. The third-order valence-corrected chi connectivity index (χ3v) is 6.05. The number of primary amides is 1. The summed E-state index contributed by atoms with van der Waals surface area (Å²) < 4.78 is 5.57. The van der Waals surface area contributed by atoms with Crippen molar-refractivity contribution in [2.45, 2.75) is 13.5 Å². The van der Waals surface area contributed by atoms with Crippen LogP contribution >= 0.6 is 11.6 Å². The molecule has 0 spiro atoms. The number of fused-ring (bicyclic) bond motifs is 3. The van der Waals surface area contributed by atoms with Gasteiger partial charge in [-0.25, -0.2) is 9.36 Å². The van der Waals surface area contributed by atoms with Gasteiger partial charge in [0, 0.05) is 23.8 Å². The lowest BCUT2D eigenvalue weighted by atomic mass is 10.1. The van der Waals surface area contributed by atoms with Crippen LogP contribution in [0.2, 0.25) is 5.02 Å². The van der Waals surface area contributed by atoms with Crippen molar-refractivity contribution in [2.75, 3.05) is 0 Å². The minimum Gasteiger partial charge on any atom is -0.368 e. The van der Waals surface area contributed by atoms with Gasteiger partial charge < -0.3 is 5.73 Å². The number of benzene rings is 2. The lowest BCUT2D eigenvalue weighted by molar-refractivity contribution is -0.118. The van der Waals surface area contributed by atoms with Gasteiger partial charge in [-0.1, -0.05) is 48.0 Å². The van der Waals surface area contributed by atoms with Gasteiger partial charge in [-0.05, 0) is 24.6 Å². The van der Waals surface area contributed by atoms with Crippen molar-refractivity contribution in [3.05, 3.63) is 86.2 Å². The fourth-order valence-electron chi connectivity index (χ4n) is 3.98. The van der Waals surface area contributed by atoms with E-state index in [0.717, 1.165) is 27.1 Å². The van der Waals surface area contributed by atoms with Crippen LogP contribution in [0, 0.1) is 6.92 Å². The van der Waals surface area contributed by atoms with Crippen LogP contribution < -0.4 is 17.0 Å². The van der Waals surface area contributed by atoms with E-state index in [4.69, 9.17) is 17.3 Å². The molecule has 3 heterocycles. The topological polar surface area (TPSA) is 109 Å². The van der Waals surface area contributed by atoms with E-state index < -0.39 is 23.7 Å². The van der Waals surface area contributed by atoms with E-state index in [1.54, 1.807) is 10.6 Å². The van der Waals surface area contributed by atoms with E-state index in [1.165, 1.54) is 11.6 Å². The monoisotopic (exact) mass is 462 g/mol. The molecule has 1 amide bonds. The van der Waals surface area contributed by atoms with Gasteiger partial charge in [0.1, 0.15) is 6.54 Å².